The molecule has 1 aromatic heterocycles. The molecule has 1 heterocycles. The van der Waals surface area contributed by atoms with E-state index in [1.807, 2.05) is 13.8 Å². The van der Waals surface area contributed by atoms with E-state index in [0.29, 0.717) is 17.7 Å². The molecule has 2 rings (SSSR count). The third-order valence-corrected chi connectivity index (χ3v) is 3.14. The Kier molecular flexibility index (Phi) is 4.34. The van der Waals surface area contributed by atoms with Gasteiger partial charge in [0.05, 0.1) is 7.11 Å². The van der Waals surface area contributed by atoms with E-state index in [-0.39, 0.29) is 11.9 Å². The molecule has 0 spiro atoms. The molecule has 1 atom stereocenters. The molecular formula is C14H19FN4O. The first-order chi connectivity index (χ1) is 9.54. The molecule has 0 aliphatic carbocycles. The van der Waals surface area contributed by atoms with Crippen molar-refractivity contribution in [1.82, 2.24) is 14.8 Å². The maximum absolute atomic E-state index is 14.0. The zero-order valence-corrected chi connectivity index (χ0v) is 11.9. The van der Waals surface area contributed by atoms with E-state index in [4.69, 9.17) is 10.5 Å². The van der Waals surface area contributed by atoms with Crippen LogP contribution in [0.25, 0.3) is 0 Å². The largest absolute Gasteiger partial charge is 0.496 e. The van der Waals surface area contributed by atoms with Gasteiger partial charge in [-0.2, -0.15) is 5.10 Å². The number of nitrogens with zero attached hydrogens (tertiary/aromatic N) is 3. The third-order valence-electron chi connectivity index (χ3n) is 3.14. The summed E-state index contributed by atoms with van der Waals surface area (Å²) in [6.45, 7) is 4.01. The van der Waals surface area contributed by atoms with Gasteiger partial charge in [0.15, 0.2) is 0 Å². The predicted molar refractivity (Wildman–Crippen MR) is 74.0 cm³/mol. The summed E-state index contributed by atoms with van der Waals surface area (Å²) in [7, 11) is 1.50. The topological polar surface area (TPSA) is 66.0 Å². The first-order valence-electron chi connectivity index (χ1n) is 6.51. The summed E-state index contributed by atoms with van der Waals surface area (Å²) in [4.78, 5) is 4.20. The second-order valence-corrected chi connectivity index (χ2v) is 4.88. The van der Waals surface area contributed by atoms with E-state index >= 15 is 0 Å². The Bertz CT molecular complexity index is 582. The Labute approximate surface area is 117 Å². The van der Waals surface area contributed by atoms with E-state index in [2.05, 4.69) is 10.1 Å². The maximum atomic E-state index is 14.0. The molecule has 0 saturated heterocycles. The number of ether oxygens (including phenoxy) is 1. The van der Waals surface area contributed by atoms with Crippen LogP contribution in [0.2, 0.25) is 0 Å². The highest BCUT2D eigenvalue weighted by Gasteiger charge is 2.20. The molecule has 20 heavy (non-hydrogen) atoms. The number of aromatic nitrogens is 3. The first-order valence-corrected chi connectivity index (χ1v) is 6.51. The van der Waals surface area contributed by atoms with Crippen LogP contribution in [0.15, 0.2) is 24.5 Å². The average molecular weight is 278 g/mol. The van der Waals surface area contributed by atoms with Crippen LogP contribution in [0, 0.1) is 5.82 Å². The lowest BCUT2D eigenvalue weighted by atomic mass is 10.0. The van der Waals surface area contributed by atoms with Crippen molar-refractivity contribution in [2.24, 2.45) is 5.73 Å². The SMILES string of the molecule is COc1cccc(F)c1C(N)Cc1ncnn1C(C)C. The standard InChI is InChI=1S/C14H19FN4O/c1-9(2)19-13(17-8-18-19)7-11(16)14-10(15)5-4-6-12(14)20-3/h4-6,8-9,11H,7,16H2,1-3H3. The second kappa shape index (κ2) is 6.00. The van der Waals surface area contributed by atoms with E-state index in [0.717, 1.165) is 5.82 Å². The van der Waals surface area contributed by atoms with Crippen molar-refractivity contribution in [3.05, 3.63) is 41.7 Å². The molecule has 1 aromatic carbocycles. The molecule has 0 amide bonds. The normalized spacial score (nSPS) is 12.7. The van der Waals surface area contributed by atoms with Crippen LogP contribution in [0.3, 0.4) is 0 Å². The van der Waals surface area contributed by atoms with Gasteiger partial charge in [-0.1, -0.05) is 6.07 Å². The van der Waals surface area contributed by atoms with Crippen LogP contribution < -0.4 is 10.5 Å². The predicted octanol–water partition coefficient (Wildman–Crippen LogP) is 2.25. The second-order valence-electron chi connectivity index (χ2n) is 4.88. The number of hydrogen-bond acceptors (Lipinski definition) is 4. The minimum Gasteiger partial charge on any atom is -0.496 e. The van der Waals surface area contributed by atoms with Gasteiger partial charge in [0, 0.05) is 24.1 Å². The highest BCUT2D eigenvalue weighted by Crippen LogP contribution is 2.28. The molecular weight excluding hydrogens is 259 g/mol. The van der Waals surface area contributed by atoms with Gasteiger partial charge in [-0.15, -0.1) is 0 Å². The van der Waals surface area contributed by atoms with Crippen molar-refractivity contribution >= 4 is 0 Å². The van der Waals surface area contributed by atoms with E-state index in [9.17, 15) is 4.39 Å². The Hall–Kier alpha value is -1.95. The fourth-order valence-electron chi connectivity index (χ4n) is 2.21. The molecule has 108 valence electrons. The minimum atomic E-state index is -0.534. The van der Waals surface area contributed by atoms with Gasteiger partial charge in [-0.05, 0) is 26.0 Å². The Morgan fingerprint density at radius 2 is 2.15 bits per heavy atom. The number of nitrogens with two attached hydrogens (primary N) is 1. The summed E-state index contributed by atoms with van der Waals surface area (Å²) in [6.07, 6.45) is 1.89. The molecule has 0 radical (unpaired) electrons. The number of rotatable bonds is 5. The molecule has 0 fully saturated rings. The van der Waals surface area contributed by atoms with Crippen LogP contribution in [0.4, 0.5) is 4.39 Å². The molecule has 1 unspecified atom stereocenters. The Morgan fingerprint density at radius 1 is 1.40 bits per heavy atom. The summed E-state index contributed by atoms with van der Waals surface area (Å²) in [5.74, 6) is 0.818. The fraction of sp³-hybridized carbons (Fsp3) is 0.429. The average Bonchev–Trinajstić information content (AvgIpc) is 2.86. The van der Waals surface area contributed by atoms with Crippen LogP contribution >= 0.6 is 0 Å². The molecule has 5 nitrogen and oxygen atoms in total. The summed E-state index contributed by atoms with van der Waals surface area (Å²) in [5, 5.41) is 4.15. The summed E-state index contributed by atoms with van der Waals surface area (Å²) >= 11 is 0. The van der Waals surface area contributed by atoms with Crippen molar-refractivity contribution in [3.63, 3.8) is 0 Å². The summed E-state index contributed by atoms with van der Waals surface area (Å²) in [5.41, 5.74) is 6.50. The van der Waals surface area contributed by atoms with Crippen LogP contribution in [-0.2, 0) is 6.42 Å². The van der Waals surface area contributed by atoms with Crippen LogP contribution in [0.1, 0.15) is 37.3 Å². The van der Waals surface area contributed by atoms with E-state index < -0.39 is 6.04 Å². The Morgan fingerprint density at radius 3 is 2.80 bits per heavy atom. The fourth-order valence-corrected chi connectivity index (χ4v) is 2.21. The van der Waals surface area contributed by atoms with Gasteiger partial charge in [0.25, 0.3) is 0 Å². The summed E-state index contributed by atoms with van der Waals surface area (Å²) < 4.78 is 20.9. The lowest BCUT2D eigenvalue weighted by Gasteiger charge is -2.17. The van der Waals surface area contributed by atoms with Gasteiger partial charge >= 0.3 is 0 Å². The number of hydrogen-bond donors (Lipinski definition) is 1. The zero-order chi connectivity index (χ0) is 14.7. The minimum absolute atomic E-state index is 0.183. The smallest absolute Gasteiger partial charge is 0.138 e. The molecule has 0 aliphatic heterocycles. The lowest BCUT2D eigenvalue weighted by Crippen LogP contribution is -2.19. The first kappa shape index (κ1) is 14.5. The van der Waals surface area contributed by atoms with Crippen molar-refractivity contribution < 1.29 is 9.13 Å². The van der Waals surface area contributed by atoms with Crippen molar-refractivity contribution in [2.45, 2.75) is 32.4 Å². The number of halogens is 1. The molecule has 0 bridgehead atoms. The monoisotopic (exact) mass is 278 g/mol. The number of methoxy groups -OCH3 is 1. The highest BCUT2D eigenvalue weighted by atomic mass is 19.1. The van der Waals surface area contributed by atoms with Crippen LogP contribution in [-0.4, -0.2) is 21.9 Å². The van der Waals surface area contributed by atoms with Gasteiger partial charge in [0.2, 0.25) is 0 Å². The highest BCUT2D eigenvalue weighted by molar-refractivity contribution is 5.37. The molecule has 2 N–H and O–H groups in total. The molecule has 6 heteroatoms. The summed E-state index contributed by atoms with van der Waals surface area (Å²) in [6, 6.07) is 4.33. The van der Waals surface area contributed by atoms with E-state index in [1.165, 1.54) is 19.5 Å². The number of benzene rings is 1. The van der Waals surface area contributed by atoms with Gasteiger partial charge in [-0.3, -0.25) is 0 Å². The third kappa shape index (κ3) is 2.80. The van der Waals surface area contributed by atoms with Gasteiger partial charge in [0.1, 0.15) is 23.7 Å². The van der Waals surface area contributed by atoms with Crippen LogP contribution in [0.5, 0.6) is 5.75 Å². The molecule has 2 aromatic rings. The van der Waals surface area contributed by atoms with Crippen molar-refractivity contribution in [2.75, 3.05) is 7.11 Å². The van der Waals surface area contributed by atoms with Gasteiger partial charge in [-0.25, -0.2) is 14.1 Å². The van der Waals surface area contributed by atoms with Crippen molar-refractivity contribution in [3.8, 4) is 5.75 Å². The Balaban J connectivity index is 2.28. The van der Waals surface area contributed by atoms with Gasteiger partial charge < -0.3 is 10.5 Å². The molecule has 0 aliphatic rings. The quantitative estimate of drug-likeness (QED) is 0.911. The lowest BCUT2D eigenvalue weighted by molar-refractivity contribution is 0.397. The van der Waals surface area contributed by atoms with E-state index in [1.54, 1.807) is 16.8 Å². The van der Waals surface area contributed by atoms with Crippen molar-refractivity contribution in [1.29, 1.82) is 0 Å². The maximum Gasteiger partial charge on any atom is 0.138 e. The zero-order valence-electron chi connectivity index (χ0n) is 11.9. The molecule has 0 saturated carbocycles.